The first-order valence-corrected chi connectivity index (χ1v) is 5.76. The SMILES string of the molecule is COc1c(O)c(C)c2cc(C(C)C)oc2c1C. The van der Waals surface area contributed by atoms with Gasteiger partial charge in [-0.3, -0.25) is 0 Å². The van der Waals surface area contributed by atoms with Crippen LogP contribution in [-0.2, 0) is 0 Å². The van der Waals surface area contributed by atoms with Gasteiger partial charge < -0.3 is 14.3 Å². The Kier molecular flexibility index (Phi) is 2.77. The molecule has 1 aromatic heterocycles. The van der Waals surface area contributed by atoms with Gasteiger partial charge in [-0.1, -0.05) is 13.8 Å². The normalized spacial score (nSPS) is 11.4. The Morgan fingerprint density at radius 2 is 1.88 bits per heavy atom. The second-order valence-corrected chi connectivity index (χ2v) is 4.68. The molecule has 0 saturated carbocycles. The highest BCUT2D eigenvalue weighted by molar-refractivity contribution is 5.89. The van der Waals surface area contributed by atoms with Crippen molar-refractivity contribution in [2.75, 3.05) is 7.11 Å². The van der Waals surface area contributed by atoms with E-state index in [4.69, 9.17) is 9.15 Å². The molecule has 1 aromatic carbocycles. The number of aromatic hydroxyl groups is 1. The number of phenolic OH excluding ortho intramolecular Hbond substituents is 1. The Balaban J connectivity index is 2.84. The molecule has 0 aliphatic heterocycles. The minimum Gasteiger partial charge on any atom is -0.504 e. The molecule has 0 aliphatic rings. The number of methoxy groups -OCH3 is 1. The van der Waals surface area contributed by atoms with Crippen LogP contribution in [-0.4, -0.2) is 12.2 Å². The highest BCUT2D eigenvalue weighted by atomic mass is 16.5. The summed E-state index contributed by atoms with van der Waals surface area (Å²) in [4.78, 5) is 0. The molecule has 17 heavy (non-hydrogen) atoms. The van der Waals surface area contributed by atoms with Gasteiger partial charge in [0.1, 0.15) is 11.3 Å². The summed E-state index contributed by atoms with van der Waals surface area (Å²) in [6.45, 7) is 7.94. The first-order chi connectivity index (χ1) is 7.97. The van der Waals surface area contributed by atoms with E-state index < -0.39 is 0 Å². The largest absolute Gasteiger partial charge is 0.504 e. The van der Waals surface area contributed by atoms with E-state index in [2.05, 4.69) is 13.8 Å². The lowest BCUT2D eigenvalue weighted by molar-refractivity contribution is 0.369. The molecule has 0 aliphatic carbocycles. The molecule has 0 radical (unpaired) electrons. The zero-order valence-electron chi connectivity index (χ0n) is 10.9. The number of hydrogen-bond acceptors (Lipinski definition) is 3. The maximum Gasteiger partial charge on any atom is 0.167 e. The van der Waals surface area contributed by atoms with Gasteiger partial charge in [-0.25, -0.2) is 0 Å². The van der Waals surface area contributed by atoms with Gasteiger partial charge in [-0.05, 0) is 19.9 Å². The van der Waals surface area contributed by atoms with Gasteiger partial charge >= 0.3 is 0 Å². The van der Waals surface area contributed by atoms with Crippen LogP contribution in [0.2, 0.25) is 0 Å². The molecule has 0 unspecified atom stereocenters. The molecule has 0 amide bonds. The highest BCUT2D eigenvalue weighted by Gasteiger charge is 2.19. The number of rotatable bonds is 2. The number of furan rings is 1. The van der Waals surface area contributed by atoms with E-state index >= 15 is 0 Å². The minimum atomic E-state index is 0.202. The van der Waals surface area contributed by atoms with Crippen LogP contribution < -0.4 is 4.74 Å². The molecule has 0 saturated heterocycles. The molecule has 2 rings (SSSR count). The van der Waals surface area contributed by atoms with Crippen molar-refractivity contribution < 1.29 is 14.3 Å². The van der Waals surface area contributed by atoms with E-state index in [1.54, 1.807) is 7.11 Å². The van der Waals surface area contributed by atoms with Crippen molar-refractivity contribution in [3.8, 4) is 11.5 Å². The lowest BCUT2D eigenvalue weighted by Gasteiger charge is -2.10. The Labute approximate surface area is 101 Å². The van der Waals surface area contributed by atoms with Crippen molar-refractivity contribution in [3.63, 3.8) is 0 Å². The zero-order chi connectivity index (χ0) is 12.7. The Hall–Kier alpha value is -1.64. The van der Waals surface area contributed by atoms with Crippen LogP contribution in [0.25, 0.3) is 11.0 Å². The van der Waals surface area contributed by atoms with E-state index in [0.717, 1.165) is 27.9 Å². The van der Waals surface area contributed by atoms with Gasteiger partial charge in [0.05, 0.1) is 7.11 Å². The first-order valence-electron chi connectivity index (χ1n) is 5.76. The van der Waals surface area contributed by atoms with Gasteiger partial charge in [-0.2, -0.15) is 0 Å². The number of benzene rings is 1. The summed E-state index contributed by atoms with van der Waals surface area (Å²) >= 11 is 0. The van der Waals surface area contributed by atoms with E-state index in [0.29, 0.717) is 11.7 Å². The molecule has 3 nitrogen and oxygen atoms in total. The van der Waals surface area contributed by atoms with Gasteiger partial charge in [0, 0.05) is 22.4 Å². The van der Waals surface area contributed by atoms with Crippen LogP contribution in [0.1, 0.15) is 36.7 Å². The molecular weight excluding hydrogens is 216 g/mol. The van der Waals surface area contributed by atoms with Crippen molar-refractivity contribution >= 4 is 11.0 Å². The second-order valence-electron chi connectivity index (χ2n) is 4.68. The molecule has 1 N–H and O–H groups in total. The van der Waals surface area contributed by atoms with Crippen molar-refractivity contribution in [1.82, 2.24) is 0 Å². The lowest BCUT2D eigenvalue weighted by Crippen LogP contribution is -1.90. The molecule has 2 aromatic rings. The number of aryl methyl sites for hydroxylation is 2. The first kappa shape index (κ1) is 11.8. The third-order valence-corrected chi connectivity index (χ3v) is 3.18. The van der Waals surface area contributed by atoms with Crippen molar-refractivity contribution in [2.45, 2.75) is 33.6 Å². The van der Waals surface area contributed by atoms with E-state index in [-0.39, 0.29) is 5.75 Å². The Morgan fingerprint density at radius 3 is 2.41 bits per heavy atom. The lowest BCUT2D eigenvalue weighted by atomic mass is 10.0. The van der Waals surface area contributed by atoms with Crippen LogP contribution in [0.3, 0.4) is 0 Å². The molecule has 0 spiro atoms. The topological polar surface area (TPSA) is 42.6 Å². The van der Waals surface area contributed by atoms with Gasteiger partial charge in [0.2, 0.25) is 0 Å². The third-order valence-electron chi connectivity index (χ3n) is 3.18. The summed E-state index contributed by atoms with van der Waals surface area (Å²) in [6, 6.07) is 2.00. The predicted octanol–water partition coefficient (Wildman–Crippen LogP) is 3.89. The summed E-state index contributed by atoms with van der Waals surface area (Å²) < 4.78 is 11.1. The Bertz CT molecular complexity index is 565. The van der Waals surface area contributed by atoms with Crippen LogP contribution >= 0.6 is 0 Å². The number of fused-ring (bicyclic) bond motifs is 1. The fourth-order valence-electron chi connectivity index (χ4n) is 2.08. The molecular formula is C14H18O3. The van der Waals surface area contributed by atoms with E-state index in [1.165, 1.54) is 0 Å². The average molecular weight is 234 g/mol. The quantitative estimate of drug-likeness (QED) is 0.857. The van der Waals surface area contributed by atoms with Gasteiger partial charge in [-0.15, -0.1) is 0 Å². The number of ether oxygens (including phenoxy) is 1. The molecule has 0 fully saturated rings. The van der Waals surface area contributed by atoms with Crippen molar-refractivity contribution in [1.29, 1.82) is 0 Å². The van der Waals surface area contributed by atoms with Crippen LogP contribution in [0.5, 0.6) is 11.5 Å². The van der Waals surface area contributed by atoms with Gasteiger partial charge in [0.15, 0.2) is 11.5 Å². The minimum absolute atomic E-state index is 0.202. The fraction of sp³-hybridized carbons (Fsp3) is 0.429. The maximum atomic E-state index is 10.1. The second kappa shape index (κ2) is 3.99. The zero-order valence-corrected chi connectivity index (χ0v) is 10.9. The standard InChI is InChI=1S/C14H18O3/c1-7(2)11-6-10-8(3)12(15)14(16-5)9(4)13(10)17-11/h6-7,15H,1-5H3. The summed E-state index contributed by atoms with van der Waals surface area (Å²) in [7, 11) is 1.56. The van der Waals surface area contributed by atoms with Crippen LogP contribution in [0, 0.1) is 13.8 Å². The van der Waals surface area contributed by atoms with E-state index in [9.17, 15) is 5.11 Å². The maximum absolute atomic E-state index is 10.1. The fourth-order valence-corrected chi connectivity index (χ4v) is 2.08. The van der Waals surface area contributed by atoms with Crippen molar-refractivity contribution in [3.05, 3.63) is 23.0 Å². The molecule has 1 heterocycles. The molecule has 0 bridgehead atoms. The van der Waals surface area contributed by atoms with Crippen LogP contribution in [0.4, 0.5) is 0 Å². The average Bonchev–Trinajstić information content (AvgIpc) is 2.72. The molecule has 92 valence electrons. The van der Waals surface area contributed by atoms with E-state index in [1.807, 2.05) is 19.9 Å². The van der Waals surface area contributed by atoms with Gasteiger partial charge in [0.25, 0.3) is 0 Å². The smallest absolute Gasteiger partial charge is 0.167 e. The number of phenols is 1. The highest BCUT2D eigenvalue weighted by Crippen LogP contribution is 2.41. The summed E-state index contributed by atoms with van der Waals surface area (Å²) in [5, 5.41) is 11.0. The molecule has 0 atom stereocenters. The van der Waals surface area contributed by atoms with Crippen LogP contribution in [0.15, 0.2) is 10.5 Å². The third kappa shape index (κ3) is 1.66. The summed E-state index contributed by atoms with van der Waals surface area (Å²) in [5.41, 5.74) is 2.46. The number of hydrogen-bond donors (Lipinski definition) is 1. The predicted molar refractivity (Wildman–Crippen MR) is 68.0 cm³/mol. The molecule has 3 heteroatoms. The Morgan fingerprint density at radius 1 is 1.24 bits per heavy atom. The summed E-state index contributed by atoms with van der Waals surface area (Å²) in [6.07, 6.45) is 0. The van der Waals surface area contributed by atoms with Crippen molar-refractivity contribution in [2.24, 2.45) is 0 Å². The monoisotopic (exact) mass is 234 g/mol. The summed E-state index contributed by atoms with van der Waals surface area (Å²) in [5.74, 6) is 1.96.